The van der Waals surface area contributed by atoms with Gasteiger partial charge >= 0.3 is 18.6 Å². The SMILES string of the molecule is CCOC(=O)C1C(C)=NC(Cn2ccnc2)=C(C(=O)OC)C1c1ccccc1OC(F)F. The molecule has 0 fully saturated rings. The van der Waals surface area contributed by atoms with Crippen molar-refractivity contribution in [3.05, 3.63) is 59.8 Å². The summed E-state index contributed by atoms with van der Waals surface area (Å²) >= 11 is 0. The number of hydrogen-bond donors (Lipinski definition) is 0. The van der Waals surface area contributed by atoms with Crippen molar-refractivity contribution in [2.45, 2.75) is 32.9 Å². The number of nitrogens with zero attached hydrogens (tertiary/aromatic N) is 3. The van der Waals surface area contributed by atoms with E-state index < -0.39 is 30.4 Å². The lowest BCUT2D eigenvalue weighted by molar-refractivity contribution is -0.146. The van der Waals surface area contributed by atoms with Crippen molar-refractivity contribution in [2.75, 3.05) is 13.7 Å². The Morgan fingerprint density at radius 3 is 2.62 bits per heavy atom. The van der Waals surface area contributed by atoms with Crippen LogP contribution in [0.25, 0.3) is 0 Å². The van der Waals surface area contributed by atoms with Gasteiger partial charge in [0.05, 0.1) is 37.9 Å². The van der Waals surface area contributed by atoms with Gasteiger partial charge in [0.2, 0.25) is 0 Å². The minimum Gasteiger partial charge on any atom is -0.466 e. The Kier molecular flexibility index (Phi) is 7.34. The molecular weight excluding hydrogens is 424 g/mol. The second-order valence-corrected chi connectivity index (χ2v) is 6.96. The van der Waals surface area contributed by atoms with Gasteiger partial charge in [-0.25, -0.2) is 9.78 Å². The van der Waals surface area contributed by atoms with E-state index in [4.69, 9.17) is 14.2 Å². The lowest BCUT2D eigenvalue weighted by Crippen LogP contribution is -2.37. The summed E-state index contributed by atoms with van der Waals surface area (Å²) in [6.07, 6.45) is 4.81. The Bertz CT molecular complexity index is 1030. The average Bonchev–Trinajstić information content (AvgIpc) is 3.26. The number of para-hydroxylation sites is 1. The maximum Gasteiger partial charge on any atom is 0.387 e. The molecule has 2 unspecified atom stereocenters. The van der Waals surface area contributed by atoms with Crippen LogP contribution in [0.2, 0.25) is 0 Å². The Balaban J connectivity index is 2.24. The van der Waals surface area contributed by atoms with Crippen LogP contribution in [0.1, 0.15) is 25.3 Å². The lowest BCUT2D eigenvalue weighted by Gasteiger charge is -2.32. The third-order valence-corrected chi connectivity index (χ3v) is 5.02. The third-order valence-electron chi connectivity index (χ3n) is 5.02. The Labute approximate surface area is 183 Å². The highest BCUT2D eigenvalue weighted by Crippen LogP contribution is 2.44. The summed E-state index contributed by atoms with van der Waals surface area (Å²) in [6.45, 7) is 0.451. The summed E-state index contributed by atoms with van der Waals surface area (Å²) in [5, 5.41) is 0. The monoisotopic (exact) mass is 447 g/mol. The van der Waals surface area contributed by atoms with Crippen molar-refractivity contribution in [1.82, 2.24) is 9.55 Å². The fraction of sp³-hybridized carbons (Fsp3) is 0.364. The number of halogens is 2. The molecule has 10 heteroatoms. The van der Waals surface area contributed by atoms with E-state index in [1.807, 2.05) is 0 Å². The lowest BCUT2D eigenvalue weighted by atomic mass is 9.75. The summed E-state index contributed by atoms with van der Waals surface area (Å²) in [5.41, 5.74) is 0.992. The maximum absolute atomic E-state index is 13.1. The van der Waals surface area contributed by atoms with Gasteiger partial charge in [0.25, 0.3) is 0 Å². The number of imidazole rings is 1. The van der Waals surface area contributed by atoms with Crippen molar-refractivity contribution in [1.29, 1.82) is 0 Å². The number of carbonyl (C=O) groups excluding carboxylic acids is 2. The normalized spacial score (nSPS) is 18.4. The quantitative estimate of drug-likeness (QED) is 0.577. The second kappa shape index (κ2) is 10.2. The zero-order valence-corrected chi connectivity index (χ0v) is 17.8. The van der Waals surface area contributed by atoms with Crippen LogP contribution < -0.4 is 4.74 Å². The highest BCUT2D eigenvalue weighted by Gasteiger charge is 2.44. The minimum absolute atomic E-state index is 0.0650. The smallest absolute Gasteiger partial charge is 0.387 e. The molecule has 0 amide bonds. The van der Waals surface area contributed by atoms with Crippen LogP contribution in [0, 0.1) is 5.92 Å². The van der Waals surface area contributed by atoms with Gasteiger partial charge in [-0.05, 0) is 19.9 Å². The number of alkyl halides is 2. The molecule has 0 aliphatic carbocycles. The van der Waals surface area contributed by atoms with Crippen LogP contribution in [0.4, 0.5) is 8.78 Å². The molecule has 170 valence electrons. The molecule has 1 aliphatic heterocycles. The van der Waals surface area contributed by atoms with Crippen LogP contribution in [0.3, 0.4) is 0 Å². The molecule has 3 rings (SSSR count). The van der Waals surface area contributed by atoms with Crippen LogP contribution in [0.5, 0.6) is 5.75 Å². The second-order valence-electron chi connectivity index (χ2n) is 6.96. The highest BCUT2D eigenvalue weighted by molar-refractivity contribution is 6.07. The molecule has 2 heterocycles. The summed E-state index contributed by atoms with van der Waals surface area (Å²) < 4.78 is 42.9. The predicted molar refractivity (Wildman–Crippen MR) is 110 cm³/mol. The topological polar surface area (TPSA) is 92.0 Å². The van der Waals surface area contributed by atoms with Gasteiger partial charge in [0.1, 0.15) is 11.7 Å². The van der Waals surface area contributed by atoms with Gasteiger partial charge in [-0.1, -0.05) is 18.2 Å². The van der Waals surface area contributed by atoms with Gasteiger partial charge in [-0.15, -0.1) is 0 Å². The van der Waals surface area contributed by atoms with E-state index >= 15 is 0 Å². The average molecular weight is 447 g/mol. The van der Waals surface area contributed by atoms with Crippen molar-refractivity contribution in [3.8, 4) is 5.75 Å². The zero-order valence-electron chi connectivity index (χ0n) is 17.8. The zero-order chi connectivity index (χ0) is 23.3. The molecule has 1 aliphatic rings. The van der Waals surface area contributed by atoms with Crippen LogP contribution >= 0.6 is 0 Å². The van der Waals surface area contributed by atoms with E-state index in [1.165, 1.54) is 25.3 Å². The van der Waals surface area contributed by atoms with Crippen molar-refractivity contribution in [3.63, 3.8) is 0 Å². The van der Waals surface area contributed by atoms with Gasteiger partial charge in [0, 0.05) is 29.6 Å². The third kappa shape index (κ3) is 4.84. The van der Waals surface area contributed by atoms with Crippen LogP contribution in [0.15, 0.2) is 59.2 Å². The molecule has 2 aromatic rings. The van der Waals surface area contributed by atoms with Crippen LogP contribution in [-0.2, 0) is 25.6 Å². The van der Waals surface area contributed by atoms with E-state index in [0.29, 0.717) is 11.4 Å². The molecule has 0 saturated carbocycles. The predicted octanol–water partition coefficient (Wildman–Crippen LogP) is 3.35. The maximum atomic E-state index is 13.1. The number of allylic oxidation sites excluding steroid dienone is 1. The molecular formula is C22H23F2N3O5. The molecule has 0 N–H and O–H groups in total. The Morgan fingerprint density at radius 2 is 2.00 bits per heavy atom. The van der Waals surface area contributed by atoms with Gasteiger partial charge in [0.15, 0.2) is 0 Å². The van der Waals surface area contributed by atoms with E-state index in [-0.39, 0.29) is 30.0 Å². The highest BCUT2D eigenvalue weighted by atomic mass is 19.3. The first-order valence-electron chi connectivity index (χ1n) is 9.90. The number of esters is 2. The molecule has 8 nitrogen and oxygen atoms in total. The Morgan fingerprint density at radius 1 is 1.25 bits per heavy atom. The number of aliphatic imine (C=N–C) groups is 1. The number of carbonyl (C=O) groups is 2. The summed E-state index contributed by atoms with van der Waals surface area (Å²) in [5.74, 6) is -3.55. The summed E-state index contributed by atoms with van der Waals surface area (Å²) in [6, 6.07) is 6.03. The fourth-order valence-electron chi connectivity index (χ4n) is 3.77. The molecule has 0 bridgehead atoms. The standard InChI is InChI=1S/C22H23F2N3O5/c1-4-31-21(29)17-13(2)26-15(11-27-10-9-25-12-27)19(20(28)30-3)18(17)14-7-5-6-8-16(14)32-22(23)24/h5-10,12,17-18,22H,4,11H2,1-3H3. The molecule has 0 saturated heterocycles. The van der Waals surface area contributed by atoms with Gasteiger partial charge < -0.3 is 18.8 Å². The number of rotatable bonds is 8. The molecule has 0 radical (unpaired) electrons. The Hall–Kier alpha value is -3.56. The number of methoxy groups -OCH3 is 1. The first kappa shape index (κ1) is 23.1. The first-order valence-corrected chi connectivity index (χ1v) is 9.90. The van der Waals surface area contributed by atoms with Gasteiger partial charge in [-0.3, -0.25) is 9.79 Å². The van der Waals surface area contributed by atoms with E-state index in [1.54, 1.807) is 43.2 Å². The summed E-state index contributed by atoms with van der Waals surface area (Å²) in [4.78, 5) is 34.4. The number of ether oxygens (including phenoxy) is 3. The van der Waals surface area contributed by atoms with Gasteiger partial charge in [-0.2, -0.15) is 8.78 Å². The molecule has 1 aromatic heterocycles. The van der Waals surface area contributed by atoms with Crippen LogP contribution in [-0.4, -0.2) is 47.5 Å². The molecule has 2 atom stereocenters. The number of benzene rings is 1. The largest absolute Gasteiger partial charge is 0.466 e. The van der Waals surface area contributed by atoms with E-state index in [9.17, 15) is 18.4 Å². The summed E-state index contributed by atoms with van der Waals surface area (Å²) in [7, 11) is 1.20. The molecule has 32 heavy (non-hydrogen) atoms. The van der Waals surface area contributed by atoms with Crippen molar-refractivity contribution < 1.29 is 32.6 Å². The first-order chi connectivity index (χ1) is 15.4. The number of hydrogen-bond acceptors (Lipinski definition) is 7. The number of aromatic nitrogens is 2. The van der Waals surface area contributed by atoms with Crippen molar-refractivity contribution >= 4 is 17.7 Å². The van der Waals surface area contributed by atoms with Crippen molar-refractivity contribution in [2.24, 2.45) is 10.9 Å². The minimum atomic E-state index is -3.09. The molecule has 0 spiro atoms. The fourth-order valence-corrected chi connectivity index (χ4v) is 3.77. The van der Waals surface area contributed by atoms with E-state index in [2.05, 4.69) is 9.98 Å². The van der Waals surface area contributed by atoms with E-state index in [0.717, 1.165) is 0 Å². The molecule has 1 aromatic carbocycles.